The smallest absolute Gasteiger partial charge is 0.159 e. The van der Waals surface area contributed by atoms with E-state index < -0.39 is 0 Å². The van der Waals surface area contributed by atoms with Crippen LogP contribution in [0.25, 0.3) is 76.2 Å². The van der Waals surface area contributed by atoms with Gasteiger partial charge in [-0.3, -0.25) is 0 Å². The molecule has 0 fully saturated rings. The van der Waals surface area contributed by atoms with Gasteiger partial charge in [-0.25, -0.2) is 9.98 Å². The standard InChI is InChI=1S/C51H35N5/c1-3-13-32(14-4-1)49-52-50(33-15-5-2-6-16-33)54-51(53-49)36-27-37-31-38(28-36)56-46-22-12-10-20-42(46)44-26-24-35(30-48(44)56)40-18-8-7-17-39(40)34-23-25-43-41-19-9-11-21-45(41)55(37)47(43)29-34/h1-5,7-15,17-31,51H,6,16H2,(H,52,53,54). The molecule has 3 aromatic heterocycles. The van der Waals surface area contributed by atoms with Gasteiger partial charge in [-0.1, -0.05) is 133 Å². The van der Waals surface area contributed by atoms with Crippen molar-refractivity contribution >= 4 is 87.9 Å². The monoisotopic (exact) mass is 717 g/mol. The second-order valence-electron chi connectivity index (χ2n) is 15.0. The lowest BCUT2D eigenvalue weighted by atomic mass is 10.0. The summed E-state index contributed by atoms with van der Waals surface area (Å²) in [7, 11) is 0. The second-order valence-corrected chi connectivity index (χ2v) is 15.0. The van der Waals surface area contributed by atoms with Crippen LogP contribution in [0.2, 0.25) is 0 Å². The van der Waals surface area contributed by atoms with Crippen LogP contribution < -0.4 is 5.32 Å². The number of para-hydroxylation sites is 2. The third-order valence-electron chi connectivity index (χ3n) is 11.7. The summed E-state index contributed by atoms with van der Waals surface area (Å²) >= 11 is 0. The van der Waals surface area contributed by atoms with Crippen molar-refractivity contribution < 1.29 is 0 Å². The highest BCUT2D eigenvalue weighted by Crippen LogP contribution is 2.37. The van der Waals surface area contributed by atoms with Crippen LogP contribution in [0.5, 0.6) is 0 Å². The summed E-state index contributed by atoms with van der Waals surface area (Å²) in [6, 6.07) is 57.7. The molecule has 0 saturated carbocycles. The molecule has 2 aliphatic rings. The first kappa shape index (κ1) is 31.1. The van der Waals surface area contributed by atoms with Crippen LogP contribution in [-0.4, -0.2) is 20.5 Å². The predicted molar refractivity (Wildman–Crippen MR) is 235 cm³/mol. The summed E-state index contributed by atoms with van der Waals surface area (Å²) in [4.78, 5) is 10.5. The zero-order valence-electron chi connectivity index (χ0n) is 30.5. The van der Waals surface area contributed by atoms with Crippen molar-refractivity contribution in [1.82, 2.24) is 14.1 Å². The highest BCUT2D eigenvalue weighted by molar-refractivity contribution is 6.16. The van der Waals surface area contributed by atoms with Gasteiger partial charge in [0.1, 0.15) is 12.0 Å². The van der Waals surface area contributed by atoms with E-state index in [0.717, 1.165) is 46.7 Å². The Morgan fingerprint density at radius 3 is 1.66 bits per heavy atom. The molecule has 0 radical (unpaired) electrons. The lowest BCUT2D eigenvalue weighted by Crippen LogP contribution is -2.34. The first-order chi connectivity index (χ1) is 27.7. The SMILES string of the molecule is C1=CCCC(C2=NC(c3ccccc3)=NC(c3cc4cc(c3)n3c5ccccc5c5ccc(cc53)c3ccccc3c3ccc5c6ccccc6n4c5c3)N2)=C1. The number of benzene rings is 7. The van der Waals surface area contributed by atoms with Crippen LogP contribution in [0.1, 0.15) is 30.1 Å². The minimum Gasteiger partial charge on any atom is -0.344 e. The Morgan fingerprint density at radius 2 is 1.07 bits per heavy atom. The van der Waals surface area contributed by atoms with Crippen LogP contribution in [0, 0.1) is 0 Å². The van der Waals surface area contributed by atoms with E-state index >= 15 is 0 Å². The van der Waals surface area contributed by atoms with Crippen LogP contribution >= 0.6 is 0 Å². The summed E-state index contributed by atoms with van der Waals surface area (Å²) < 4.78 is 4.91. The van der Waals surface area contributed by atoms with Crippen LogP contribution in [0.4, 0.5) is 0 Å². The van der Waals surface area contributed by atoms with Crippen molar-refractivity contribution in [3.8, 4) is 0 Å². The number of amidine groups is 2. The Balaban J connectivity index is 1.28. The molecule has 1 aliphatic carbocycles. The summed E-state index contributed by atoms with van der Waals surface area (Å²) in [5, 5.41) is 13.5. The van der Waals surface area contributed by atoms with E-state index in [9.17, 15) is 0 Å². The zero-order chi connectivity index (χ0) is 36.7. The number of aromatic nitrogens is 2. The summed E-state index contributed by atoms with van der Waals surface area (Å²) in [6.45, 7) is 0. The van der Waals surface area contributed by atoms with Gasteiger partial charge in [0, 0.05) is 43.7 Å². The Kier molecular flexibility index (Phi) is 6.75. The van der Waals surface area contributed by atoms with E-state index in [0.29, 0.717) is 0 Å². The molecule has 4 heterocycles. The van der Waals surface area contributed by atoms with Crippen molar-refractivity contribution in [2.24, 2.45) is 9.98 Å². The Bertz CT molecular complexity index is 3280. The van der Waals surface area contributed by atoms with Gasteiger partial charge in [-0.05, 0) is 82.4 Å². The minimum absolute atomic E-state index is 0.379. The molecule has 0 amide bonds. The largest absolute Gasteiger partial charge is 0.344 e. The number of rotatable bonds is 3. The Labute approximate surface area is 322 Å². The molecule has 5 nitrogen and oxygen atoms in total. The maximum atomic E-state index is 5.38. The molecule has 0 saturated heterocycles. The third kappa shape index (κ3) is 4.74. The maximum absolute atomic E-state index is 5.38. The molecular weight excluding hydrogens is 683 g/mol. The average Bonchev–Trinajstić information content (AvgIpc) is 3.78. The topological polar surface area (TPSA) is 45.6 Å². The highest BCUT2D eigenvalue weighted by atomic mass is 15.2. The molecule has 1 aliphatic heterocycles. The number of aliphatic imine (C=N–C) groups is 2. The number of hydrogen-bond acceptors (Lipinski definition) is 3. The third-order valence-corrected chi connectivity index (χ3v) is 11.7. The lowest BCUT2D eigenvalue weighted by molar-refractivity contribution is 0.671. The van der Waals surface area contributed by atoms with Crippen molar-refractivity contribution in [3.63, 3.8) is 0 Å². The molecule has 5 heteroatoms. The van der Waals surface area contributed by atoms with Crippen molar-refractivity contribution in [3.05, 3.63) is 193 Å². The van der Waals surface area contributed by atoms with E-state index in [1.807, 2.05) is 6.07 Å². The van der Waals surface area contributed by atoms with Crippen molar-refractivity contribution in [1.29, 1.82) is 0 Å². The van der Waals surface area contributed by atoms with Gasteiger partial charge >= 0.3 is 0 Å². The van der Waals surface area contributed by atoms with Crippen LogP contribution in [0.3, 0.4) is 0 Å². The normalized spacial score (nSPS) is 15.9. The summed E-state index contributed by atoms with van der Waals surface area (Å²) in [5.41, 5.74) is 10.1. The first-order valence-corrected chi connectivity index (χ1v) is 19.4. The van der Waals surface area contributed by atoms with Crippen molar-refractivity contribution in [2.45, 2.75) is 19.0 Å². The van der Waals surface area contributed by atoms with E-state index in [1.165, 1.54) is 70.7 Å². The van der Waals surface area contributed by atoms with Gasteiger partial charge in [0.05, 0.1) is 22.1 Å². The number of nitrogens with one attached hydrogen (secondary N) is 1. The van der Waals surface area contributed by atoms with E-state index in [-0.39, 0.29) is 6.17 Å². The summed E-state index contributed by atoms with van der Waals surface area (Å²) in [6.07, 6.45) is 8.09. The quantitative estimate of drug-likeness (QED) is 0.194. The van der Waals surface area contributed by atoms with Crippen molar-refractivity contribution in [2.75, 3.05) is 0 Å². The Morgan fingerprint density at radius 1 is 0.518 bits per heavy atom. The predicted octanol–water partition coefficient (Wildman–Crippen LogP) is 12.4. The minimum atomic E-state index is -0.379. The van der Waals surface area contributed by atoms with Crippen LogP contribution in [0.15, 0.2) is 192 Å². The summed E-state index contributed by atoms with van der Waals surface area (Å²) in [5.74, 6) is 1.62. The molecule has 10 aromatic rings. The fraction of sp³-hybridized carbons (Fsp3) is 0.0588. The second kappa shape index (κ2) is 12.1. The van der Waals surface area contributed by atoms with Gasteiger partial charge in [-0.15, -0.1) is 0 Å². The molecule has 1 N–H and O–H groups in total. The molecule has 264 valence electrons. The highest BCUT2D eigenvalue weighted by Gasteiger charge is 2.24. The van der Waals surface area contributed by atoms with Gasteiger partial charge in [0.2, 0.25) is 0 Å². The molecule has 0 spiro atoms. The van der Waals surface area contributed by atoms with Gasteiger partial charge < -0.3 is 14.1 Å². The number of nitrogens with zero attached hydrogens (tertiary/aromatic N) is 4. The zero-order valence-corrected chi connectivity index (χ0v) is 30.5. The molecule has 12 rings (SSSR count). The Hall–Kier alpha value is -7.24. The van der Waals surface area contributed by atoms with Gasteiger partial charge in [-0.2, -0.15) is 0 Å². The number of fused-ring (bicyclic) bond motifs is 15. The number of hydrogen-bond donors (Lipinski definition) is 1. The van der Waals surface area contributed by atoms with Gasteiger partial charge in [0.15, 0.2) is 5.84 Å². The molecule has 7 aromatic carbocycles. The maximum Gasteiger partial charge on any atom is 0.159 e. The van der Waals surface area contributed by atoms with E-state index in [4.69, 9.17) is 9.98 Å². The molecule has 1 atom stereocenters. The van der Waals surface area contributed by atoms with Gasteiger partial charge in [0.25, 0.3) is 0 Å². The fourth-order valence-corrected chi connectivity index (χ4v) is 9.15. The number of allylic oxidation sites excluding steroid dienone is 3. The first-order valence-electron chi connectivity index (χ1n) is 19.4. The van der Waals surface area contributed by atoms with Crippen LogP contribution in [-0.2, 0) is 0 Å². The lowest BCUT2D eigenvalue weighted by Gasteiger charge is -2.25. The average molecular weight is 718 g/mol. The van der Waals surface area contributed by atoms with E-state index in [1.54, 1.807) is 0 Å². The fourth-order valence-electron chi connectivity index (χ4n) is 9.15. The molecule has 1 unspecified atom stereocenters. The molecular formula is C51H35N5. The molecule has 56 heavy (non-hydrogen) atoms. The molecule has 6 bridgehead atoms. The van der Waals surface area contributed by atoms with E-state index in [2.05, 4.69) is 184 Å².